The van der Waals surface area contributed by atoms with Crippen molar-refractivity contribution in [2.75, 3.05) is 19.6 Å². The van der Waals surface area contributed by atoms with Crippen molar-refractivity contribution in [3.05, 3.63) is 71.6 Å². The normalized spacial score (nSPS) is 15.4. The van der Waals surface area contributed by atoms with Gasteiger partial charge in [0.25, 0.3) is 0 Å². The van der Waals surface area contributed by atoms with Crippen LogP contribution in [-0.4, -0.2) is 35.0 Å². The Labute approximate surface area is 145 Å². The monoisotopic (exact) mass is 350 g/mol. The smallest absolute Gasteiger partial charge is 0.412 e. The average molecular weight is 350 g/mol. The zero-order valence-electron chi connectivity index (χ0n) is 13.8. The van der Waals surface area contributed by atoms with E-state index in [1.165, 1.54) is 17.7 Å². The summed E-state index contributed by atoms with van der Waals surface area (Å²) in [5.74, 6) is 0. The van der Waals surface area contributed by atoms with Crippen LogP contribution in [0.4, 0.5) is 13.2 Å². The number of aromatic nitrogens is 1. The first-order valence-corrected chi connectivity index (χ1v) is 8.00. The Hall–Kier alpha value is -2.18. The number of benzene rings is 1. The van der Waals surface area contributed by atoms with Gasteiger partial charge in [-0.1, -0.05) is 24.3 Å². The van der Waals surface area contributed by atoms with Crippen LogP contribution in [0.2, 0.25) is 0 Å². The van der Waals surface area contributed by atoms with Gasteiger partial charge in [0.1, 0.15) is 0 Å². The molecule has 3 rings (SSSR count). The number of hydrogen-bond donors (Lipinski definition) is 0. The Kier molecular flexibility index (Phi) is 6.33. The lowest BCUT2D eigenvalue weighted by atomic mass is 9.97. The van der Waals surface area contributed by atoms with Crippen molar-refractivity contribution in [1.82, 2.24) is 9.88 Å². The predicted octanol–water partition coefficient (Wildman–Crippen LogP) is 3.61. The van der Waals surface area contributed by atoms with Gasteiger partial charge in [0, 0.05) is 32.0 Å². The van der Waals surface area contributed by atoms with Crippen molar-refractivity contribution >= 4 is 5.57 Å². The Balaban J connectivity index is 0.00000225. The SMILES string of the molecule is FC(F)(F)c1cccc(C2=CCN(CCc3cccnc3)CC2)c1.O. The zero-order valence-corrected chi connectivity index (χ0v) is 13.8. The van der Waals surface area contributed by atoms with Gasteiger partial charge >= 0.3 is 6.18 Å². The number of hydrogen-bond acceptors (Lipinski definition) is 2. The first-order chi connectivity index (χ1) is 11.5. The van der Waals surface area contributed by atoms with E-state index in [4.69, 9.17) is 0 Å². The Morgan fingerprint density at radius 1 is 1.12 bits per heavy atom. The lowest BCUT2D eigenvalue weighted by Crippen LogP contribution is -2.30. The Morgan fingerprint density at radius 2 is 1.96 bits per heavy atom. The molecule has 6 heteroatoms. The van der Waals surface area contributed by atoms with Crippen LogP contribution in [0.3, 0.4) is 0 Å². The topological polar surface area (TPSA) is 47.6 Å². The second-order valence-electron chi connectivity index (χ2n) is 5.97. The molecule has 134 valence electrons. The maximum Gasteiger partial charge on any atom is 0.416 e. The molecule has 0 amide bonds. The van der Waals surface area contributed by atoms with E-state index in [1.54, 1.807) is 12.3 Å². The molecular weight excluding hydrogens is 329 g/mol. The molecule has 1 aromatic carbocycles. The number of pyridine rings is 1. The van der Waals surface area contributed by atoms with Crippen molar-refractivity contribution in [3.8, 4) is 0 Å². The molecule has 1 aliphatic heterocycles. The third kappa shape index (κ3) is 5.14. The van der Waals surface area contributed by atoms with Gasteiger partial charge in [-0.3, -0.25) is 9.88 Å². The van der Waals surface area contributed by atoms with Crippen molar-refractivity contribution in [2.24, 2.45) is 0 Å². The number of halogens is 3. The molecule has 1 aliphatic rings. The standard InChI is InChI=1S/C19H19F3N2.H2O/c20-19(21,22)18-5-1-4-17(13-18)16-7-11-24(12-8-16)10-6-15-3-2-9-23-14-15;/h1-5,7,9,13-14H,6,8,10-12H2;1H2. The molecule has 2 aromatic rings. The van der Waals surface area contributed by atoms with Crippen LogP contribution in [0.5, 0.6) is 0 Å². The van der Waals surface area contributed by atoms with E-state index in [0.717, 1.165) is 44.1 Å². The van der Waals surface area contributed by atoms with Gasteiger partial charge in [0.2, 0.25) is 0 Å². The minimum Gasteiger partial charge on any atom is -0.412 e. The number of nitrogens with zero attached hydrogens (tertiary/aromatic N) is 2. The minimum atomic E-state index is -4.29. The Bertz CT molecular complexity index is 714. The third-order valence-electron chi connectivity index (χ3n) is 4.29. The maximum atomic E-state index is 12.8. The summed E-state index contributed by atoms with van der Waals surface area (Å²) < 4.78 is 38.5. The van der Waals surface area contributed by atoms with Crippen molar-refractivity contribution in [3.63, 3.8) is 0 Å². The molecule has 0 spiro atoms. The highest BCUT2D eigenvalue weighted by Gasteiger charge is 2.30. The summed E-state index contributed by atoms with van der Waals surface area (Å²) in [6.45, 7) is 2.56. The van der Waals surface area contributed by atoms with Gasteiger partial charge in [-0.2, -0.15) is 13.2 Å². The van der Waals surface area contributed by atoms with Gasteiger partial charge in [-0.05, 0) is 47.7 Å². The molecule has 0 saturated carbocycles. The molecule has 0 unspecified atom stereocenters. The van der Waals surface area contributed by atoms with Crippen LogP contribution in [0.15, 0.2) is 54.9 Å². The zero-order chi connectivity index (χ0) is 17.0. The first kappa shape index (κ1) is 19.1. The van der Waals surface area contributed by atoms with Gasteiger partial charge in [-0.25, -0.2) is 0 Å². The summed E-state index contributed by atoms with van der Waals surface area (Å²) in [5.41, 5.74) is 2.29. The second kappa shape index (κ2) is 8.27. The van der Waals surface area contributed by atoms with E-state index in [0.29, 0.717) is 5.56 Å². The molecule has 1 aromatic heterocycles. The molecule has 3 nitrogen and oxygen atoms in total. The summed E-state index contributed by atoms with van der Waals surface area (Å²) in [4.78, 5) is 6.42. The summed E-state index contributed by atoms with van der Waals surface area (Å²) in [6.07, 6.45) is 3.08. The van der Waals surface area contributed by atoms with E-state index in [9.17, 15) is 13.2 Å². The van der Waals surface area contributed by atoms with Crippen LogP contribution in [-0.2, 0) is 12.6 Å². The van der Waals surface area contributed by atoms with Crippen LogP contribution in [0, 0.1) is 0 Å². The molecular formula is C19H21F3N2O. The fourth-order valence-electron chi connectivity index (χ4n) is 2.90. The summed E-state index contributed by atoms with van der Waals surface area (Å²) >= 11 is 0. The molecule has 0 aliphatic carbocycles. The van der Waals surface area contributed by atoms with E-state index < -0.39 is 11.7 Å². The highest BCUT2D eigenvalue weighted by Crippen LogP contribution is 2.32. The van der Waals surface area contributed by atoms with Gasteiger partial charge < -0.3 is 5.48 Å². The number of alkyl halides is 3. The van der Waals surface area contributed by atoms with Crippen LogP contribution in [0.25, 0.3) is 5.57 Å². The summed E-state index contributed by atoms with van der Waals surface area (Å²) in [6, 6.07) is 9.59. The van der Waals surface area contributed by atoms with Gasteiger partial charge in [0.15, 0.2) is 0 Å². The van der Waals surface area contributed by atoms with E-state index in [1.807, 2.05) is 18.3 Å². The van der Waals surface area contributed by atoms with Crippen molar-refractivity contribution in [2.45, 2.75) is 19.0 Å². The Morgan fingerprint density at radius 3 is 2.60 bits per heavy atom. The largest absolute Gasteiger partial charge is 0.416 e. The molecule has 0 bridgehead atoms. The molecule has 0 atom stereocenters. The highest BCUT2D eigenvalue weighted by molar-refractivity contribution is 5.67. The summed E-state index contributed by atoms with van der Waals surface area (Å²) in [5, 5.41) is 0. The highest BCUT2D eigenvalue weighted by atomic mass is 19.4. The fourth-order valence-corrected chi connectivity index (χ4v) is 2.90. The summed E-state index contributed by atoms with van der Waals surface area (Å²) in [7, 11) is 0. The van der Waals surface area contributed by atoms with Crippen molar-refractivity contribution in [1.29, 1.82) is 0 Å². The fraction of sp³-hybridized carbons (Fsp3) is 0.316. The minimum absolute atomic E-state index is 0. The van der Waals surface area contributed by atoms with E-state index >= 15 is 0 Å². The van der Waals surface area contributed by atoms with Crippen LogP contribution in [0.1, 0.15) is 23.1 Å². The second-order valence-corrected chi connectivity index (χ2v) is 5.97. The molecule has 0 saturated heterocycles. The molecule has 0 fully saturated rings. The van der Waals surface area contributed by atoms with Crippen LogP contribution >= 0.6 is 0 Å². The van der Waals surface area contributed by atoms with Crippen molar-refractivity contribution < 1.29 is 18.6 Å². The lowest BCUT2D eigenvalue weighted by Gasteiger charge is -2.26. The maximum absolute atomic E-state index is 12.8. The number of rotatable bonds is 4. The quantitative estimate of drug-likeness (QED) is 0.846. The molecule has 2 N–H and O–H groups in total. The van der Waals surface area contributed by atoms with Crippen LogP contribution < -0.4 is 0 Å². The first-order valence-electron chi connectivity index (χ1n) is 8.00. The lowest BCUT2D eigenvalue weighted by molar-refractivity contribution is -0.137. The molecule has 2 heterocycles. The third-order valence-corrected chi connectivity index (χ3v) is 4.29. The van der Waals surface area contributed by atoms with Gasteiger partial charge in [-0.15, -0.1) is 0 Å². The van der Waals surface area contributed by atoms with E-state index in [-0.39, 0.29) is 5.48 Å². The molecule has 25 heavy (non-hydrogen) atoms. The average Bonchev–Trinajstić information content (AvgIpc) is 2.61. The van der Waals surface area contributed by atoms with E-state index in [2.05, 4.69) is 16.0 Å². The van der Waals surface area contributed by atoms with Gasteiger partial charge in [0.05, 0.1) is 5.56 Å². The molecule has 0 radical (unpaired) electrons. The predicted molar refractivity (Wildman–Crippen MR) is 92.0 cm³/mol.